The highest BCUT2D eigenvalue weighted by Crippen LogP contribution is 2.44. The summed E-state index contributed by atoms with van der Waals surface area (Å²) in [6.07, 6.45) is -1.97. The number of carbonyl (C=O) groups is 3. The SMILES string of the molecule is CCC(=O)N=C1[C@H](C)C[C@@]2(C)OC/C(=N/OCc3ccc(-c4nc(NP(=O)(O)O)cs4)cn3)CC[C@H]([C@H]1C)[C@](C)(O)[C@@H](I)OC(=O)[C@@](C)(F)C(=O)[C@H](C)[C@H]2O[C@@H]1O[C@H](C)C[C@H](N(C)C)[C@H]1O. The highest BCUT2D eigenvalue weighted by molar-refractivity contribution is 14.1. The molecule has 0 aliphatic carbocycles. The summed E-state index contributed by atoms with van der Waals surface area (Å²) in [4.78, 5) is 80.9. The van der Waals surface area contributed by atoms with Crippen LogP contribution in [0.1, 0.15) is 93.2 Å². The Labute approximate surface area is 402 Å². The second-order valence-electron chi connectivity index (χ2n) is 18.3. The van der Waals surface area contributed by atoms with Crippen LogP contribution < -0.4 is 5.09 Å². The second-order valence-corrected chi connectivity index (χ2v) is 21.6. The number of likely N-dealkylation sites (N-methyl/N-ethyl adjacent to an activating group) is 1. The zero-order valence-corrected chi connectivity index (χ0v) is 42.7. The van der Waals surface area contributed by atoms with Crippen LogP contribution in [0.2, 0.25) is 0 Å². The molecule has 368 valence electrons. The van der Waals surface area contributed by atoms with E-state index in [1.54, 1.807) is 48.6 Å². The molecule has 1 amide bonds. The molecule has 2 bridgehead atoms. The Hall–Kier alpha value is -2.90. The molecule has 3 aliphatic heterocycles. The number of aromatic nitrogens is 2. The molecule has 5 N–H and O–H groups in total. The number of nitrogens with zero attached hydrogens (tertiary/aromatic N) is 5. The van der Waals surface area contributed by atoms with E-state index in [2.05, 4.69) is 20.1 Å². The molecule has 5 rings (SSSR count). The van der Waals surface area contributed by atoms with Gasteiger partial charge < -0.3 is 48.7 Å². The number of hydrogen-bond acceptors (Lipinski definition) is 16. The van der Waals surface area contributed by atoms with Crippen LogP contribution in [-0.2, 0) is 49.3 Å². The number of nitrogens with one attached hydrogen (secondary N) is 1. The first-order valence-corrected chi connectivity index (χ1v) is 25.6. The lowest BCUT2D eigenvalue weighted by atomic mass is 9.70. The number of esters is 1. The van der Waals surface area contributed by atoms with Crippen molar-refractivity contribution >= 4 is 76.6 Å². The van der Waals surface area contributed by atoms with Crippen LogP contribution in [0.25, 0.3) is 10.6 Å². The van der Waals surface area contributed by atoms with E-state index in [4.69, 9.17) is 23.8 Å². The maximum absolute atomic E-state index is 16.9. The number of halogens is 2. The number of carbonyl (C=O) groups excluding carboxylic acids is 3. The first-order chi connectivity index (χ1) is 30.7. The zero-order chi connectivity index (χ0) is 49.1. The average Bonchev–Trinajstić information content (AvgIpc) is 3.69. The minimum atomic E-state index is -4.54. The first kappa shape index (κ1) is 54.0. The summed E-state index contributed by atoms with van der Waals surface area (Å²) in [5, 5.41) is 32.5. The predicted octanol–water partition coefficient (Wildman–Crippen LogP) is 5.62. The van der Waals surface area contributed by atoms with Crippen LogP contribution in [0.5, 0.6) is 0 Å². The molecule has 66 heavy (non-hydrogen) atoms. The summed E-state index contributed by atoms with van der Waals surface area (Å²) in [7, 11) is -0.928. The van der Waals surface area contributed by atoms with E-state index in [9.17, 15) is 38.9 Å². The van der Waals surface area contributed by atoms with Crippen molar-refractivity contribution < 1.29 is 67.1 Å². The third-order valence-corrected chi connectivity index (χ3v) is 15.6. The lowest BCUT2D eigenvalue weighted by Gasteiger charge is -2.47. The second kappa shape index (κ2) is 21.8. The van der Waals surface area contributed by atoms with Gasteiger partial charge in [0.05, 0.1) is 35.8 Å². The maximum atomic E-state index is 16.9. The average molecular weight is 1080 g/mol. The van der Waals surface area contributed by atoms with Crippen LogP contribution in [0.15, 0.2) is 33.9 Å². The van der Waals surface area contributed by atoms with E-state index in [0.29, 0.717) is 34.1 Å². The molecular formula is C43H63FIN6O13PS. The Morgan fingerprint density at radius 1 is 1.15 bits per heavy atom. The van der Waals surface area contributed by atoms with Gasteiger partial charge in [0.25, 0.3) is 5.67 Å². The van der Waals surface area contributed by atoms with Crippen LogP contribution >= 0.6 is 41.7 Å². The van der Waals surface area contributed by atoms with Crippen molar-refractivity contribution in [3.63, 3.8) is 0 Å². The van der Waals surface area contributed by atoms with Gasteiger partial charge in [0, 0.05) is 47.2 Å². The topological polar surface area (TPSA) is 261 Å². The van der Waals surface area contributed by atoms with Gasteiger partial charge in [-0.3, -0.25) is 19.7 Å². The molecule has 2 aromatic heterocycles. The van der Waals surface area contributed by atoms with Crippen molar-refractivity contribution in [2.24, 2.45) is 33.8 Å². The van der Waals surface area contributed by atoms with Crippen LogP contribution in [0, 0.1) is 23.7 Å². The summed E-state index contributed by atoms with van der Waals surface area (Å²) in [5.74, 6) is -6.60. The molecule has 5 heterocycles. The smallest absolute Gasteiger partial charge is 0.428 e. The number of rotatable bonds is 10. The number of cyclic esters (lactones) is 1. The molecule has 0 aromatic carbocycles. The number of fused-ring (bicyclic) bond motifs is 5. The quantitative estimate of drug-likeness (QED) is 0.0483. The van der Waals surface area contributed by atoms with Crippen molar-refractivity contribution in [3.05, 3.63) is 29.4 Å². The molecule has 19 nitrogen and oxygen atoms in total. The van der Waals surface area contributed by atoms with Crippen LogP contribution in [0.3, 0.4) is 0 Å². The number of aliphatic hydroxyl groups excluding tert-OH is 1. The van der Waals surface area contributed by atoms with Gasteiger partial charge in [-0.25, -0.2) is 23.7 Å². The van der Waals surface area contributed by atoms with Crippen molar-refractivity contribution in [1.82, 2.24) is 14.9 Å². The number of Topliss-reactive ketones (excluding diaryl/α,β-unsaturated/α-hetero) is 1. The lowest BCUT2D eigenvalue weighted by Crippen LogP contribution is -2.61. The van der Waals surface area contributed by atoms with E-state index in [1.165, 1.54) is 25.4 Å². The van der Waals surface area contributed by atoms with E-state index in [-0.39, 0.29) is 44.7 Å². The molecule has 3 saturated heterocycles. The number of thiazole rings is 1. The van der Waals surface area contributed by atoms with Gasteiger partial charge in [0.15, 0.2) is 22.8 Å². The molecule has 0 unspecified atom stereocenters. The minimum absolute atomic E-state index is 0.0152. The molecule has 2 aromatic rings. The highest BCUT2D eigenvalue weighted by atomic mass is 127. The normalized spacial score (nSPS) is 36.6. The zero-order valence-electron chi connectivity index (χ0n) is 38.8. The van der Waals surface area contributed by atoms with Gasteiger partial charge in [0.1, 0.15) is 22.5 Å². The number of aliphatic hydroxyl groups is 2. The predicted molar refractivity (Wildman–Crippen MR) is 252 cm³/mol. The maximum Gasteiger partial charge on any atom is 0.428 e. The number of pyridine rings is 1. The number of alkyl halides is 2. The minimum Gasteiger partial charge on any atom is -0.446 e. The summed E-state index contributed by atoms with van der Waals surface area (Å²) in [6.45, 7) is 12.2. The van der Waals surface area contributed by atoms with Crippen molar-refractivity contribution in [3.8, 4) is 10.6 Å². The fourth-order valence-corrected chi connectivity index (χ4v) is 10.9. The Morgan fingerprint density at radius 2 is 1.85 bits per heavy atom. The van der Waals surface area contributed by atoms with Gasteiger partial charge in [-0.05, 0) is 114 Å². The van der Waals surface area contributed by atoms with Crippen LogP contribution in [-0.4, -0.2) is 136 Å². The van der Waals surface area contributed by atoms with Gasteiger partial charge in [-0.15, -0.1) is 11.3 Å². The summed E-state index contributed by atoms with van der Waals surface area (Å²) in [5.41, 5.74) is -4.85. The monoisotopic (exact) mass is 1080 g/mol. The van der Waals surface area contributed by atoms with Crippen molar-refractivity contribution in [2.75, 3.05) is 25.8 Å². The number of oxime groups is 1. The molecule has 23 heteroatoms. The molecule has 0 spiro atoms. The van der Waals surface area contributed by atoms with E-state index < -0.39 is 101 Å². The summed E-state index contributed by atoms with van der Waals surface area (Å²) >= 11 is 2.88. The Bertz CT molecular complexity index is 2160. The summed E-state index contributed by atoms with van der Waals surface area (Å²) in [6, 6.07) is 2.98. The molecule has 3 aliphatic rings. The van der Waals surface area contributed by atoms with E-state index in [0.717, 1.165) is 18.3 Å². The number of anilines is 1. The van der Waals surface area contributed by atoms with Crippen molar-refractivity contribution in [1.29, 1.82) is 0 Å². The molecule has 0 saturated carbocycles. The standard InChI is InChI=1S/C43H63FIN6O13PS/c1-11-32(52)48-33-22(2)17-41(6)36(63-38-34(53)30(51(9)10)16-23(3)62-38)25(5)35(54)42(7,44)40(55)64-39(45)43(8,56)29(24(33)4)15-14-28(19-60-41)49-61-20-27-13-12-26(18-46-27)37-47-31(21-66-37)50-65(57,58)59/h12-13,18,21-25,29-30,34,36,38-39,53,56H,11,14-17,19-20H2,1-10H3,(H3,50,57,58,59)/b48-33?,49-28+/t22-,23-,24-,25+,29-,30+,34-,36-,38+,39+,41-,42+,43+/m1/s1. The van der Waals surface area contributed by atoms with Crippen molar-refractivity contribution in [2.45, 2.75) is 146 Å². The Balaban J connectivity index is 1.60. The fourth-order valence-electron chi connectivity index (χ4n) is 9.00. The summed E-state index contributed by atoms with van der Waals surface area (Å²) < 4.78 is 52.2. The number of aliphatic imine (C=N–C) groups is 1. The van der Waals surface area contributed by atoms with Gasteiger partial charge >= 0.3 is 13.7 Å². The largest absolute Gasteiger partial charge is 0.446 e. The number of amides is 1. The lowest BCUT2D eigenvalue weighted by molar-refractivity contribution is -0.296. The molecular weight excluding hydrogens is 1020 g/mol. The highest BCUT2D eigenvalue weighted by Gasteiger charge is 2.56. The number of ether oxygens (including phenoxy) is 4. The third kappa shape index (κ3) is 12.8. The van der Waals surface area contributed by atoms with Crippen LogP contribution in [0.4, 0.5) is 10.2 Å². The van der Waals surface area contributed by atoms with E-state index in [1.807, 2.05) is 44.9 Å². The number of ketones is 1. The third-order valence-electron chi connectivity index (χ3n) is 12.7. The molecule has 0 radical (unpaired) electrons. The Kier molecular flexibility index (Phi) is 17.9. The van der Waals surface area contributed by atoms with E-state index >= 15 is 4.39 Å². The first-order valence-electron chi connectivity index (χ1n) is 21.8. The fraction of sp³-hybridized carbons (Fsp3) is 0.698. The molecule has 3 fully saturated rings. The molecule has 13 atom stereocenters. The Morgan fingerprint density at radius 3 is 2.47 bits per heavy atom. The van der Waals surface area contributed by atoms with Gasteiger partial charge in [-0.2, -0.15) is 0 Å². The van der Waals surface area contributed by atoms with Gasteiger partial charge in [0.2, 0.25) is 5.91 Å². The van der Waals surface area contributed by atoms with Gasteiger partial charge in [-0.1, -0.05) is 32.9 Å². The number of hydrogen-bond donors (Lipinski definition) is 5.